The van der Waals surface area contributed by atoms with Gasteiger partial charge in [0, 0.05) is 22.8 Å². The number of benzene rings is 2. The fraction of sp³-hybridized carbons (Fsp3) is 0.250. The van der Waals surface area contributed by atoms with Crippen LogP contribution in [0.1, 0.15) is 46.2 Å². The van der Waals surface area contributed by atoms with Crippen LogP contribution in [0.15, 0.2) is 53.5 Å². The number of aromatic nitrogens is 2. The first-order chi connectivity index (χ1) is 15.3. The Balaban J connectivity index is 1.69. The van der Waals surface area contributed by atoms with E-state index in [1.807, 2.05) is 6.92 Å². The molecule has 1 aliphatic rings. The van der Waals surface area contributed by atoms with Gasteiger partial charge in [-0.25, -0.2) is 4.98 Å². The molecule has 1 atom stereocenters. The number of carbonyl (C=O) groups excluding carboxylic acids is 2. The van der Waals surface area contributed by atoms with E-state index in [2.05, 4.69) is 22.2 Å². The number of carbonyl (C=O) groups is 2. The number of hydrogen-bond donors (Lipinski definition) is 2. The first kappa shape index (κ1) is 21.8. The number of fused-ring (bicyclic) bond motifs is 1. The fourth-order valence-electron chi connectivity index (χ4n) is 4.01. The number of aryl methyl sites for hydroxylation is 2. The quantitative estimate of drug-likeness (QED) is 0.635. The molecule has 4 rings (SSSR count). The van der Waals surface area contributed by atoms with Crippen molar-refractivity contribution >= 4 is 34.3 Å². The third-order valence-corrected chi connectivity index (χ3v) is 6.11. The van der Waals surface area contributed by atoms with Crippen molar-refractivity contribution in [1.29, 1.82) is 0 Å². The van der Waals surface area contributed by atoms with Crippen LogP contribution in [0.5, 0.6) is 0 Å². The van der Waals surface area contributed by atoms with E-state index in [9.17, 15) is 14.4 Å². The lowest BCUT2D eigenvalue weighted by atomic mass is 10.0. The summed E-state index contributed by atoms with van der Waals surface area (Å²) in [5, 5.41) is 6.57. The van der Waals surface area contributed by atoms with E-state index in [-0.39, 0.29) is 23.9 Å². The van der Waals surface area contributed by atoms with E-state index in [1.54, 1.807) is 43.3 Å². The zero-order chi connectivity index (χ0) is 23.0. The molecule has 2 aromatic carbocycles. The Labute approximate surface area is 190 Å². The van der Waals surface area contributed by atoms with Gasteiger partial charge in [-0.3, -0.25) is 19.0 Å². The highest BCUT2D eigenvalue weighted by atomic mass is 35.5. The normalized spacial score (nSPS) is 16.2. The van der Waals surface area contributed by atoms with Crippen molar-refractivity contribution in [3.63, 3.8) is 0 Å². The molecule has 2 N–H and O–H groups in total. The highest BCUT2D eigenvalue weighted by molar-refractivity contribution is 6.31. The number of rotatable bonds is 4. The summed E-state index contributed by atoms with van der Waals surface area (Å²) in [5.74, 6) is -0.0724. The van der Waals surface area contributed by atoms with E-state index in [0.717, 1.165) is 5.56 Å². The van der Waals surface area contributed by atoms with Crippen LogP contribution in [-0.2, 0) is 11.3 Å². The number of nitrogens with one attached hydrogen (secondary N) is 2. The van der Waals surface area contributed by atoms with Crippen molar-refractivity contribution in [3.8, 4) is 0 Å². The van der Waals surface area contributed by atoms with Gasteiger partial charge in [0.1, 0.15) is 11.9 Å². The second kappa shape index (κ2) is 8.59. The van der Waals surface area contributed by atoms with Crippen LogP contribution in [0.25, 0.3) is 10.9 Å². The lowest BCUT2D eigenvalue weighted by Gasteiger charge is -2.26. The minimum absolute atomic E-state index is 0.144. The van der Waals surface area contributed by atoms with Crippen LogP contribution < -0.4 is 16.2 Å². The summed E-state index contributed by atoms with van der Waals surface area (Å²) < 4.78 is 1.44. The summed E-state index contributed by atoms with van der Waals surface area (Å²) >= 11 is 6.04. The number of hydrogen-bond acceptors (Lipinski definition) is 4. The summed E-state index contributed by atoms with van der Waals surface area (Å²) in [6.07, 6.45) is 1.08. The number of piperidine rings is 1. The van der Waals surface area contributed by atoms with Crippen molar-refractivity contribution in [3.05, 3.63) is 86.6 Å². The fourth-order valence-corrected chi connectivity index (χ4v) is 4.13. The average Bonchev–Trinajstić information content (AvgIpc) is 2.75. The molecule has 7 nitrogen and oxygen atoms in total. The topological polar surface area (TPSA) is 93.1 Å². The molecule has 2 heterocycles. The van der Waals surface area contributed by atoms with E-state index >= 15 is 0 Å². The summed E-state index contributed by atoms with van der Waals surface area (Å²) in [7, 11) is 0. The van der Waals surface area contributed by atoms with Crippen LogP contribution in [0.2, 0.25) is 5.02 Å². The second-order valence-corrected chi connectivity index (χ2v) is 8.35. The maximum Gasteiger partial charge on any atom is 0.262 e. The van der Waals surface area contributed by atoms with Gasteiger partial charge in [-0.15, -0.1) is 0 Å². The summed E-state index contributed by atoms with van der Waals surface area (Å²) in [5.41, 5.74) is 2.80. The van der Waals surface area contributed by atoms with Gasteiger partial charge in [0.25, 0.3) is 11.5 Å². The molecule has 0 spiro atoms. The van der Waals surface area contributed by atoms with Gasteiger partial charge in [-0.05, 0) is 62.1 Å². The van der Waals surface area contributed by atoms with Crippen molar-refractivity contribution in [2.24, 2.45) is 0 Å². The molecular weight excluding hydrogens is 428 g/mol. The molecule has 2 amide bonds. The highest BCUT2D eigenvalue weighted by Gasteiger charge is 2.28. The lowest BCUT2D eigenvalue weighted by molar-refractivity contribution is -0.124. The van der Waals surface area contributed by atoms with Gasteiger partial charge >= 0.3 is 0 Å². The first-order valence-corrected chi connectivity index (χ1v) is 10.7. The summed E-state index contributed by atoms with van der Waals surface area (Å²) in [6.45, 7) is 7.49. The predicted octanol–water partition coefficient (Wildman–Crippen LogP) is 3.56. The Morgan fingerprint density at radius 3 is 2.78 bits per heavy atom. The molecular formula is C24H23ClN4O3. The van der Waals surface area contributed by atoms with Crippen molar-refractivity contribution in [1.82, 2.24) is 20.2 Å². The first-order valence-electron chi connectivity index (χ1n) is 10.3. The van der Waals surface area contributed by atoms with E-state index in [1.165, 1.54) is 4.57 Å². The van der Waals surface area contributed by atoms with Crippen LogP contribution in [0.4, 0.5) is 0 Å². The monoisotopic (exact) mass is 450 g/mol. The molecule has 1 unspecified atom stereocenters. The van der Waals surface area contributed by atoms with Gasteiger partial charge in [-0.1, -0.05) is 30.3 Å². The zero-order valence-corrected chi connectivity index (χ0v) is 18.6. The summed E-state index contributed by atoms with van der Waals surface area (Å²) in [6, 6.07) is 9.73. The van der Waals surface area contributed by atoms with Crippen LogP contribution in [0, 0.1) is 13.8 Å². The lowest BCUT2D eigenvalue weighted by Crippen LogP contribution is -2.41. The van der Waals surface area contributed by atoms with Crippen LogP contribution >= 0.6 is 11.6 Å². The maximum absolute atomic E-state index is 13.5. The van der Waals surface area contributed by atoms with E-state index < -0.39 is 6.04 Å². The second-order valence-electron chi connectivity index (χ2n) is 7.94. The Morgan fingerprint density at radius 2 is 2.06 bits per heavy atom. The number of halogens is 1. The van der Waals surface area contributed by atoms with Crippen molar-refractivity contribution < 1.29 is 9.59 Å². The molecule has 0 radical (unpaired) electrons. The average molecular weight is 451 g/mol. The Bertz CT molecular complexity index is 1330. The van der Waals surface area contributed by atoms with Gasteiger partial charge in [-0.2, -0.15) is 0 Å². The third-order valence-electron chi connectivity index (χ3n) is 5.69. The molecule has 1 aliphatic heterocycles. The Hall–Kier alpha value is -3.45. The maximum atomic E-state index is 13.5. The van der Waals surface area contributed by atoms with Gasteiger partial charge in [0.15, 0.2) is 0 Å². The largest absolute Gasteiger partial charge is 0.348 e. The zero-order valence-electron chi connectivity index (χ0n) is 17.9. The van der Waals surface area contributed by atoms with Crippen LogP contribution in [0.3, 0.4) is 0 Å². The molecule has 1 aromatic heterocycles. The Kier molecular flexibility index (Phi) is 5.84. The predicted molar refractivity (Wildman–Crippen MR) is 124 cm³/mol. The molecule has 0 bridgehead atoms. The molecule has 3 aromatic rings. The molecule has 1 saturated heterocycles. The molecule has 0 aliphatic carbocycles. The standard InChI is InChI=1S/C24H23ClN4O3/c1-13-11-16(8-9-18(13)25)22(30)26-12-17-5-4-6-19-21(17)24(32)29(15(3)28-19)20-10-7-14(2)27-23(20)31/h4-6,8-9,11,20H,2,7,10,12H2,1,3H3,(H,26,30)(H,27,31). The molecule has 1 fully saturated rings. The highest BCUT2D eigenvalue weighted by Crippen LogP contribution is 2.23. The van der Waals surface area contributed by atoms with E-state index in [4.69, 9.17) is 11.6 Å². The van der Waals surface area contributed by atoms with Crippen LogP contribution in [-0.4, -0.2) is 21.4 Å². The molecule has 164 valence electrons. The third kappa shape index (κ3) is 4.03. The Morgan fingerprint density at radius 1 is 1.28 bits per heavy atom. The number of allylic oxidation sites excluding steroid dienone is 1. The molecule has 0 saturated carbocycles. The van der Waals surface area contributed by atoms with Gasteiger partial charge in [0.2, 0.25) is 5.91 Å². The smallest absolute Gasteiger partial charge is 0.262 e. The molecule has 32 heavy (non-hydrogen) atoms. The van der Waals surface area contributed by atoms with Crippen molar-refractivity contribution in [2.45, 2.75) is 39.3 Å². The minimum Gasteiger partial charge on any atom is -0.348 e. The SMILES string of the molecule is C=C1CCC(n2c(C)nc3cccc(CNC(=O)c4ccc(Cl)c(C)c4)c3c2=O)C(=O)N1. The molecule has 8 heteroatoms. The van der Waals surface area contributed by atoms with Crippen molar-refractivity contribution in [2.75, 3.05) is 0 Å². The number of amides is 2. The van der Waals surface area contributed by atoms with E-state index in [0.29, 0.717) is 51.4 Å². The van der Waals surface area contributed by atoms with Gasteiger partial charge < -0.3 is 10.6 Å². The van der Waals surface area contributed by atoms with Gasteiger partial charge in [0.05, 0.1) is 10.9 Å². The minimum atomic E-state index is -0.649. The number of nitrogens with zero attached hydrogens (tertiary/aromatic N) is 2. The summed E-state index contributed by atoms with van der Waals surface area (Å²) in [4.78, 5) is 43.2.